The summed E-state index contributed by atoms with van der Waals surface area (Å²) in [6, 6.07) is 34.1. The first-order valence-electron chi connectivity index (χ1n) is 12.1. The molecule has 0 atom stereocenters. The molecule has 1 saturated carbocycles. The van der Waals surface area contributed by atoms with Crippen molar-refractivity contribution in [2.45, 2.75) is 38.1 Å². The molecule has 1 heterocycles. The lowest BCUT2D eigenvalue weighted by Gasteiger charge is -2.29. The molecule has 0 N–H and O–H groups in total. The number of nitrogens with zero attached hydrogens (tertiary/aromatic N) is 1. The van der Waals surface area contributed by atoms with E-state index in [1.54, 1.807) is 0 Å². The average molecular weight is 475 g/mol. The molecule has 0 spiro atoms. The summed E-state index contributed by atoms with van der Waals surface area (Å²) < 4.78 is 41.7. The van der Waals surface area contributed by atoms with Gasteiger partial charge in [0.05, 0.1) is 0 Å². The molecule has 6 heteroatoms. The highest BCUT2D eigenvalue weighted by Crippen LogP contribution is 2.42. The third-order valence-corrected chi connectivity index (χ3v) is 6.90. The smallest absolute Gasteiger partial charge is 0.418 e. The fourth-order valence-electron chi connectivity index (χ4n) is 5.19. The standard InChI is InChI=1S/C29H26N.BF4/c1-3-10-21(11-4-1)27-20-28(23-13-5-2-6-14-23)30(24-15-9-16-24)29-25-17-8-7-12-22(25)18-19-26(27)29;2-1(3,4)5/h1-8,10-14,17,20,24H,9,15-16,18-19H2;/q+1;-1. The molecule has 2 aliphatic carbocycles. The zero-order valence-corrected chi connectivity index (χ0v) is 19.3. The molecule has 1 nitrogen and oxygen atoms in total. The van der Waals surface area contributed by atoms with Crippen LogP contribution in [0.5, 0.6) is 0 Å². The summed E-state index contributed by atoms with van der Waals surface area (Å²) >= 11 is 0. The van der Waals surface area contributed by atoms with Crippen LogP contribution in [0.15, 0.2) is 91.0 Å². The molecular weight excluding hydrogens is 449 g/mol. The summed E-state index contributed by atoms with van der Waals surface area (Å²) in [7, 11) is -6.00. The lowest BCUT2D eigenvalue weighted by molar-refractivity contribution is -0.713. The van der Waals surface area contributed by atoms with Crippen molar-refractivity contribution in [3.8, 4) is 33.6 Å². The highest BCUT2D eigenvalue weighted by Gasteiger charge is 2.38. The minimum Gasteiger partial charge on any atom is -0.418 e. The third-order valence-electron chi connectivity index (χ3n) is 6.90. The van der Waals surface area contributed by atoms with Crippen LogP contribution in [0.2, 0.25) is 0 Å². The molecule has 0 aliphatic heterocycles. The van der Waals surface area contributed by atoms with Gasteiger partial charge in [0.15, 0.2) is 6.04 Å². The fraction of sp³-hybridized carbons (Fsp3) is 0.207. The van der Waals surface area contributed by atoms with Crippen molar-refractivity contribution in [2.75, 3.05) is 0 Å². The molecule has 2 aliphatic rings. The Bertz CT molecular complexity index is 1310. The molecule has 4 aromatic rings. The number of fused-ring (bicyclic) bond motifs is 3. The Labute approximate surface area is 203 Å². The Morgan fingerprint density at radius 1 is 0.657 bits per heavy atom. The summed E-state index contributed by atoms with van der Waals surface area (Å²) in [5, 5.41) is 0. The van der Waals surface area contributed by atoms with E-state index in [-0.39, 0.29) is 0 Å². The second-order valence-electron chi connectivity index (χ2n) is 9.11. The molecule has 0 amide bonds. The monoisotopic (exact) mass is 475 g/mol. The normalized spacial score (nSPS) is 14.7. The molecule has 178 valence electrons. The maximum absolute atomic E-state index is 9.75. The molecule has 0 bridgehead atoms. The molecule has 1 aromatic heterocycles. The lowest BCUT2D eigenvalue weighted by atomic mass is 9.81. The Kier molecular flexibility index (Phi) is 6.46. The molecule has 0 saturated heterocycles. The van der Waals surface area contributed by atoms with E-state index in [0.29, 0.717) is 6.04 Å². The van der Waals surface area contributed by atoms with Crippen molar-refractivity contribution in [3.63, 3.8) is 0 Å². The maximum atomic E-state index is 9.75. The predicted molar refractivity (Wildman–Crippen MR) is 133 cm³/mol. The second kappa shape index (κ2) is 9.69. The minimum atomic E-state index is -6.00. The van der Waals surface area contributed by atoms with Gasteiger partial charge in [-0.15, -0.1) is 0 Å². The number of pyridine rings is 1. The number of benzene rings is 3. The number of hydrogen-bond acceptors (Lipinski definition) is 0. The molecule has 6 rings (SSSR count). The first-order chi connectivity index (χ1) is 16.9. The van der Waals surface area contributed by atoms with Crippen LogP contribution in [-0.4, -0.2) is 7.25 Å². The number of aryl methyl sites for hydroxylation is 1. The number of aromatic nitrogens is 1. The van der Waals surface area contributed by atoms with E-state index < -0.39 is 7.25 Å². The molecule has 0 unspecified atom stereocenters. The zero-order chi connectivity index (χ0) is 24.4. The highest BCUT2D eigenvalue weighted by molar-refractivity contribution is 6.50. The van der Waals surface area contributed by atoms with Gasteiger partial charge in [-0.25, -0.2) is 0 Å². The first kappa shape index (κ1) is 23.3. The topological polar surface area (TPSA) is 3.88 Å². The van der Waals surface area contributed by atoms with Crippen molar-refractivity contribution in [1.29, 1.82) is 0 Å². The van der Waals surface area contributed by atoms with Crippen LogP contribution in [0.4, 0.5) is 17.3 Å². The molecule has 3 aromatic carbocycles. The van der Waals surface area contributed by atoms with Gasteiger partial charge in [0.25, 0.3) is 0 Å². The van der Waals surface area contributed by atoms with Gasteiger partial charge in [0.2, 0.25) is 11.4 Å². The Hall–Kier alpha value is -3.41. The van der Waals surface area contributed by atoms with Crippen LogP contribution in [0, 0.1) is 0 Å². The Morgan fingerprint density at radius 2 is 1.23 bits per heavy atom. The predicted octanol–water partition coefficient (Wildman–Crippen LogP) is 8.10. The van der Waals surface area contributed by atoms with Gasteiger partial charge in [-0.3, -0.25) is 0 Å². The average Bonchev–Trinajstić information content (AvgIpc) is 2.83. The van der Waals surface area contributed by atoms with E-state index in [2.05, 4.69) is 95.6 Å². The summed E-state index contributed by atoms with van der Waals surface area (Å²) in [5.74, 6) is 0. The van der Waals surface area contributed by atoms with Crippen molar-refractivity contribution >= 4 is 7.25 Å². The van der Waals surface area contributed by atoms with Crippen molar-refractivity contribution in [1.82, 2.24) is 0 Å². The number of rotatable bonds is 3. The largest absolute Gasteiger partial charge is 0.673 e. The van der Waals surface area contributed by atoms with Gasteiger partial charge >= 0.3 is 7.25 Å². The first-order valence-corrected chi connectivity index (χ1v) is 12.1. The van der Waals surface area contributed by atoms with Gasteiger partial charge in [-0.2, -0.15) is 4.57 Å². The maximum Gasteiger partial charge on any atom is 0.673 e. The fourth-order valence-corrected chi connectivity index (χ4v) is 5.19. The van der Waals surface area contributed by atoms with Crippen LogP contribution in [0.3, 0.4) is 0 Å². The second-order valence-corrected chi connectivity index (χ2v) is 9.11. The number of hydrogen-bond donors (Lipinski definition) is 0. The van der Waals surface area contributed by atoms with Crippen molar-refractivity contribution in [3.05, 3.63) is 102 Å². The quantitative estimate of drug-likeness (QED) is 0.160. The van der Waals surface area contributed by atoms with Crippen molar-refractivity contribution < 1.29 is 21.8 Å². The van der Waals surface area contributed by atoms with Crippen molar-refractivity contribution in [2.24, 2.45) is 0 Å². The molecular formula is C29H26BF4N. The molecule has 35 heavy (non-hydrogen) atoms. The third kappa shape index (κ3) is 5.02. The summed E-state index contributed by atoms with van der Waals surface area (Å²) in [6.45, 7) is 0. The van der Waals surface area contributed by atoms with Gasteiger partial charge in [-0.1, -0.05) is 66.7 Å². The van der Waals surface area contributed by atoms with E-state index in [4.69, 9.17) is 0 Å². The molecule has 0 radical (unpaired) electrons. The van der Waals surface area contributed by atoms with Gasteiger partial charge < -0.3 is 17.3 Å². The van der Waals surface area contributed by atoms with Gasteiger partial charge in [0, 0.05) is 35.6 Å². The van der Waals surface area contributed by atoms with E-state index in [9.17, 15) is 17.3 Å². The lowest BCUT2D eigenvalue weighted by Crippen LogP contribution is -2.48. The zero-order valence-electron chi connectivity index (χ0n) is 19.3. The summed E-state index contributed by atoms with van der Waals surface area (Å²) in [5.41, 5.74) is 11.3. The van der Waals surface area contributed by atoms with E-state index in [1.165, 1.54) is 64.0 Å². The molecule has 1 fully saturated rings. The van der Waals surface area contributed by atoms with Crippen LogP contribution in [0.1, 0.15) is 36.4 Å². The van der Waals surface area contributed by atoms with Gasteiger partial charge in [0.1, 0.15) is 0 Å². The van der Waals surface area contributed by atoms with Crippen LogP contribution in [0.25, 0.3) is 33.6 Å². The van der Waals surface area contributed by atoms with Gasteiger partial charge in [-0.05, 0) is 54.2 Å². The number of halogens is 4. The SMILES string of the molecule is F[B-](F)(F)F.c1ccc(-c2cc(-c3ccccc3)[n+](C3CCC3)c3c2CCc2ccccc2-3)cc1. The minimum absolute atomic E-state index is 0.602. The Morgan fingerprint density at radius 3 is 1.83 bits per heavy atom. The van der Waals surface area contributed by atoms with Crippen LogP contribution >= 0.6 is 0 Å². The van der Waals surface area contributed by atoms with Crippen LogP contribution in [-0.2, 0) is 12.8 Å². The summed E-state index contributed by atoms with van der Waals surface area (Å²) in [6.07, 6.45) is 6.13. The van der Waals surface area contributed by atoms with E-state index in [0.717, 1.165) is 12.8 Å². The van der Waals surface area contributed by atoms with E-state index >= 15 is 0 Å². The summed E-state index contributed by atoms with van der Waals surface area (Å²) in [4.78, 5) is 0. The van der Waals surface area contributed by atoms with Crippen LogP contribution < -0.4 is 4.57 Å². The Balaban J connectivity index is 0.000000464. The van der Waals surface area contributed by atoms with E-state index in [1.807, 2.05) is 0 Å². The highest BCUT2D eigenvalue weighted by atomic mass is 19.5.